The standard InChI is InChI=1S/C14H20BrNO3S/c1-14(2)9-12(7-8-19-14)16-20(17,18)13-5-3-11(10-15)4-6-13/h3-6,12,16H,7-10H2,1-2H3. The van der Waals surface area contributed by atoms with Crippen LogP contribution in [0.1, 0.15) is 32.3 Å². The Balaban J connectivity index is 2.10. The number of hydrogen-bond donors (Lipinski definition) is 1. The second kappa shape index (κ2) is 6.13. The van der Waals surface area contributed by atoms with Gasteiger partial charge < -0.3 is 4.74 Å². The van der Waals surface area contributed by atoms with Gasteiger partial charge in [0, 0.05) is 18.0 Å². The summed E-state index contributed by atoms with van der Waals surface area (Å²) in [4.78, 5) is 0.312. The van der Waals surface area contributed by atoms with E-state index in [4.69, 9.17) is 4.74 Å². The van der Waals surface area contributed by atoms with E-state index in [9.17, 15) is 8.42 Å². The van der Waals surface area contributed by atoms with Crippen molar-refractivity contribution in [2.75, 3.05) is 6.61 Å². The number of rotatable bonds is 4. The lowest BCUT2D eigenvalue weighted by Gasteiger charge is -2.35. The zero-order chi connectivity index (χ0) is 14.8. The number of nitrogens with one attached hydrogen (secondary N) is 1. The topological polar surface area (TPSA) is 55.4 Å². The van der Waals surface area contributed by atoms with Crippen molar-refractivity contribution >= 4 is 26.0 Å². The molecular formula is C14H20BrNO3S. The third-order valence-corrected chi connectivity index (χ3v) is 5.59. The highest BCUT2D eigenvalue weighted by Crippen LogP contribution is 2.25. The summed E-state index contributed by atoms with van der Waals surface area (Å²) in [6.45, 7) is 4.55. The molecule has 0 saturated carbocycles. The Labute approximate surface area is 129 Å². The first-order valence-electron chi connectivity index (χ1n) is 6.64. The summed E-state index contributed by atoms with van der Waals surface area (Å²) in [7, 11) is -3.46. The van der Waals surface area contributed by atoms with E-state index in [1.54, 1.807) is 12.1 Å². The van der Waals surface area contributed by atoms with Gasteiger partial charge in [0.05, 0.1) is 10.5 Å². The van der Waals surface area contributed by atoms with Crippen LogP contribution in [0.2, 0.25) is 0 Å². The molecule has 0 radical (unpaired) electrons. The molecule has 0 spiro atoms. The lowest BCUT2D eigenvalue weighted by molar-refractivity contribution is -0.0599. The molecule has 1 aromatic rings. The Bertz CT molecular complexity index is 554. The van der Waals surface area contributed by atoms with Crippen LogP contribution >= 0.6 is 15.9 Å². The van der Waals surface area contributed by atoms with Crippen molar-refractivity contribution in [1.82, 2.24) is 4.72 Å². The van der Waals surface area contributed by atoms with Crippen LogP contribution in [0.4, 0.5) is 0 Å². The van der Waals surface area contributed by atoms with Crippen LogP contribution in [0.3, 0.4) is 0 Å². The number of benzene rings is 1. The minimum Gasteiger partial charge on any atom is -0.375 e. The van der Waals surface area contributed by atoms with E-state index in [0.717, 1.165) is 10.9 Å². The molecule has 1 unspecified atom stereocenters. The first-order valence-corrected chi connectivity index (χ1v) is 9.24. The van der Waals surface area contributed by atoms with Gasteiger partial charge in [0.2, 0.25) is 10.0 Å². The monoisotopic (exact) mass is 361 g/mol. The summed E-state index contributed by atoms with van der Waals surface area (Å²) in [6.07, 6.45) is 1.40. The second-order valence-corrected chi connectivity index (χ2v) is 7.97. The fourth-order valence-electron chi connectivity index (χ4n) is 2.38. The average Bonchev–Trinajstić information content (AvgIpc) is 2.37. The predicted molar refractivity (Wildman–Crippen MR) is 82.4 cm³/mol. The SMILES string of the molecule is CC1(C)CC(NS(=O)(=O)c2ccc(CBr)cc2)CCO1. The minimum absolute atomic E-state index is 0.0698. The fraction of sp³-hybridized carbons (Fsp3) is 0.571. The van der Waals surface area contributed by atoms with E-state index >= 15 is 0 Å². The maximum absolute atomic E-state index is 12.3. The third kappa shape index (κ3) is 4.04. The van der Waals surface area contributed by atoms with Crippen LogP contribution in [0.25, 0.3) is 0 Å². The van der Waals surface area contributed by atoms with Gasteiger partial charge in [-0.25, -0.2) is 13.1 Å². The van der Waals surface area contributed by atoms with Crippen molar-refractivity contribution < 1.29 is 13.2 Å². The Morgan fingerprint density at radius 1 is 1.35 bits per heavy atom. The molecule has 0 bridgehead atoms. The third-order valence-electron chi connectivity index (χ3n) is 3.41. The average molecular weight is 362 g/mol. The molecule has 1 aromatic carbocycles. The second-order valence-electron chi connectivity index (χ2n) is 5.70. The Morgan fingerprint density at radius 3 is 2.55 bits per heavy atom. The molecule has 20 heavy (non-hydrogen) atoms. The van der Waals surface area contributed by atoms with Crippen molar-refractivity contribution in [1.29, 1.82) is 0 Å². The normalized spacial score (nSPS) is 22.6. The molecular weight excluding hydrogens is 342 g/mol. The van der Waals surface area contributed by atoms with Crippen LogP contribution in [0, 0.1) is 0 Å². The van der Waals surface area contributed by atoms with Crippen molar-refractivity contribution in [3.05, 3.63) is 29.8 Å². The molecule has 2 rings (SSSR count). The highest BCUT2D eigenvalue weighted by molar-refractivity contribution is 9.08. The van der Waals surface area contributed by atoms with E-state index in [1.807, 2.05) is 26.0 Å². The largest absolute Gasteiger partial charge is 0.375 e. The molecule has 1 fully saturated rings. The van der Waals surface area contributed by atoms with E-state index < -0.39 is 10.0 Å². The summed E-state index contributed by atoms with van der Waals surface area (Å²) in [5.41, 5.74) is 0.779. The molecule has 0 aromatic heterocycles. The Kier molecular flexibility index (Phi) is 4.89. The number of ether oxygens (including phenoxy) is 1. The van der Waals surface area contributed by atoms with Crippen molar-refractivity contribution in [3.8, 4) is 0 Å². The van der Waals surface area contributed by atoms with Crippen molar-refractivity contribution in [2.45, 2.75) is 48.6 Å². The van der Waals surface area contributed by atoms with Gasteiger partial charge in [-0.1, -0.05) is 28.1 Å². The van der Waals surface area contributed by atoms with E-state index in [2.05, 4.69) is 20.7 Å². The maximum atomic E-state index is 12.3. The Hall–Kier alpha value is -0.430. The summed E-state index contributed by atoms with van der Waals surface area (Å²) in [5.74, 6) is 0. The van der Waals surface area contributed by atoms with Crippen LogP contribution in [0.15, 0.2) is 29.2 Å². The van der Waals surface area contributed by atoms with Crippen molar-refractivity contribution in [2.24, 2.45) is 0 Å². The minimum atomic E-state index is -3.46. The number of hydrogen-bond acceptors (Lipinski definition) is 3. The molecule has 1 heterocycles. The van der Waals surface area contributed by atoms with Gasteiger partial charge in [-0.05, 0) is 44.4 Å². The molecule has 4 nitrogen and oxygen atoms in total. The molecule has 1 N–H and O–H groups in total. The molecule has 1 aliphatic rings. The van der Waals surface area contributed by atoms with Crippen LogP contribution in [0.5, 0.6) is 0 Å². The molecule has 6 heteroatoms. The summed E-state index contributed by atoms with van der Waals surface area (Å²) in [5, 5.41) is 0.717. The Morgan fingerprint density at radius 2 is 2.00 bits per heavy atom. The summed E-state index contributed by atoms with van der Waals surface area (Å²) < 4.78 is 33.1. The molecule has 0 amide bonds. The van der Waals surface area contributed by atoms with E-state index in [0.29, 0.717) is 24.3 Å². The maximum Gasteiger partial charge on any atom is 0.240 e. The molecule has 1 atom stereocenters. The molecule has 112 valence electrons. The van der Waals surface area contributed by atoms with Gasteiger partial charge >= 0.3 is 0 Å². The van der Waals surface area contributed by atoms with Gasteiger partial charge in [-0.15, -0.1) is 0 Å². The van der Waals surface area contributed by atoms with Crippen LogP contribution in [-0.2, 0) is 20.1 Å². The van der Waals surface area contributed by atoms with Gasteiger partial charge in [0.25, 0.3) is 0 Å². The highest BCUT2D eigenvalue weighted by Gasteiger charge is 2.31. The fourth-order valence-corrected chi connectivity index (χ4v) is 4.02. The first kappa shape index (κ1) is 15.9. The molecule has 0 aliphatic carbocycles. The molecule has 1 saturated heterocycles. The van der Waals surface area contributed by atoms with Gasteiger partial charge in [0.1, 0.15) is 0 Å². The summed E-state index contributed by atoms with van der Waals surface area (Å²) >= 11 is 3.35. The number of alkyl halides is 1. The van der Waals surface area contributed by atoms with E-state index in [1.165, 1.54) is 0 Å². The van der Waals surface area contributed by atoms with Gasteiger partial charge in [-0.3, -0.25) is 0 Å². The van der Waals surface area contributed by atoms with Gasteiger partial charge in [0.15, 0.2) is 0 Å². The lowest BCUT2D eigenvalue weighted by Crippen LogP contribution is -2.45. The van der Waals surface area contributed by atoms with Gasteiger partial charge in [-0.2, -0.15) is 0 Å². The number of sulfonamides is 1. The quantitative estimate of drug-likeness (QED) is 0.838. The highest BCUT2D eigenvalue weighted by atomic mass is 79.9. The smallest absolute Gasteiger partial charge is 0.240 e. The zero-order valence-electron chi connectivity index (χ0n) is 11.7. The predicted octanol–water partition coefficient (Wildman–Crippen LogP) is 2.82. The zero-order valence-corrected chi connectivity index (χ0v) is 14.1. The molecule has 1 aliphatic heterocycles. The van der Waals surface area contributed by atoms with Crippen LogP contribution in [-0.4, -0.2) is 26.7 Å². The van der Waals surface area contributed by atoms with Crippen molar-refractivity contribution in [3.63, 3.8) is 0 Å². The van der Waals surface area contributed by atoms with E-state index in [-0.39, 0.29) is 11.6 Å². The number of halogens is 1. The lowest BCUT2D eigenvalue weighted by atomic mass is 9.95. The summed E-state index contributed by atoms with van der Waals surface area (Å²) in [6, 6.07) is 6.85. The first-order chi connectivity index (χ1) is 9.32. The van der Waals surface area contributed by atoms with Crippen LogP contribution < -0.4 is 4.72 Å².